The van der Waals surface area contributed by atoms with Crippen molar-refractivity contribution in [1.82, 2.24) is 15.3 Å². The summed E-state index contributed by atoms with van der Waals surface area (Å²) in [4.78, 5) is 22.5. The average molecular weight is 285 g/mol. The number of fused-ring (bicyclic) bond motifs is 1. The topological polar surface area (TPSA) is 70.2 Å². The van der Waals surface area contributed by atoms with E-state index in [1.807, 2.05) is 31.3 Å². The van der Waals surface area contributed by atoms with Gasteiger partial charge in [-0.3, -0.25) is 4.79 Å². The first-order chi connectivity index (χ1) is 10.2. The third-order valence-electron chi connectivity index (χ3n) is 3.70. The average Bonchev–Trinajstić information content (AvgIpc) is 2.93. The minimum Gasteiger partial charge on any atom is -0.357 e. The molecule has 110 valence electrons. The molecule has 0 aliphatic carbocycles. The van der Waals surface area contributed by atoms with Crippen molar-refractivity contribution < 1.29 is 4.79 Å². The molecule has 1 fully saturated rings. The largest absolute Gasteiger partial charge is 0.357 e. The number of carbonyl (C=O) groups is 1. The van der Waals surface area contributed by atoms with E-state index in [-0.39, 0.29) is 11.9 Å². The first-order valence-electron chi connectivity index (χ1n) is 7.14. The first kappa shape index (κ1) is 13.6. The fraction of sp³-hybridized carbons (Fsp3) is 0.400. The maximum absolute atomic E-state index is 11.2. The summed E-state index contributed by atoms with van der Waals surface area (Å²) in [6, 6.07) is 8.19. The highest BCUT2D eigenvalue weighted by Crippen LogP contribution is 2.27. The second-order valence-electron chi connectivity index (χ2n) is 5.27. The summed E-state index contributed by atoms with van der Waals surface area (Å²) in [5, 5.41) is 7.03. The SMILES string of the molecule is CNc1nc(N2CCC(NC(C)=O)C2)c2ccccc2n1. The molecule has 1 aliphatic rings. The Morgan fingerprint density at radius 1 is 1.33 bits per heavy atom. The van der Waals surface area contributed by atoms with E-state index in [4.69, 9.17) is 0 Å². The first-order valence-corrected chi connectivity index (χ1v) is 7.14. The van der Waals surface area contributed by atoms with Crippen LogP contribution in [-0.4, -0.2) is 42.1 Å². The van der Waals surface area contributed by atoms with Crippen LogP contribution in [0.15, 0.2) is 24.3 Å². The Morgan fingerprint density at radius 2 is 2.14 bits per heavy atom. The number of aromatic nitrogens is 2. The molecule has 1 aromatic carbocycles. The Hall–Kier alpha value is -2.37. The minimum absolute atomic E-state index is 0.0188. The summed E-state index contributed by atoms with van der Waals surface area (Å²) in [6.07, 6.45) is 0.937. The van der Waals surface area contributed by atoms with Gasteiger partial charge in [-0.05, 0) is 18.6 Å². The smallest absolute Gasteiger partial charge is 0.224 e. The molecule has 6 nitrogen and oxygen atoms in total. The molecule has 2 aromatic rings. The van der Waals surface area contributed by atoms with Gasteiger partial charge in [0.25, 0.3) is 0 Å². The van der Waals surface area contributed by atoms with Crippen LogP contribution in [0.25, 0.3) is 10.9 Å². The van der Waals surface area contributed by atoms with Crippen LogP contribution in [-0.2, 0) is 4.79 Å². The molecule has 2 heterocycles. The Kier molecular flexibility index (Phi) is 3.60. The minimum atomic E-state index is 0.0188. The second kappa shape index (κ2) is 5.55. The molecule has 1 amide bonds. The molecule has 0 spiro atoms. The van der Waals surface area contributed by atoms with Crippen LogP contribution in [0, 0.1) is 0 Å². The number of para-hydroxylation sites is 1. The highest BCUT2D eigenvalue weighted by Gasteiger charge is 2.25. The third kappa shape index (κ3) is 2.74. The lowest BCUT2D eigenvalue weighted by Crippen LogP contribution is -2.35. The van der Waals surface area contributed by atoms with E-state index in [2.05, 4.69) is 25.5 Å². The van der Waals surface area contributed by atoms with Gasteiger partial charge in [-0.2, -0.15) is 4.98 Å². The molecule has 1 aromatic heterocycles. The monoisotopic (exact) mass is 285 g/mol. The number of rotatable bonds is 3. The van der Waals surface area contributed by atoms with Crippen LogP contribution in [0.3, 0.4) is 0 Å². The van der Waals surface area contributed by atoms with Crippen molar-refractivity contribution in [1.29, 1.82) is 0 Å². The molecule has 1 saturated heterocycles. The summed E-state index contributed by atoms with van der Waals surface area (Å²) >= 11 is 0. The number of nitrogens with zero attached hydrogens (tertiary/aromatic N) is 3. The summed E-state index contributed by atoms with van der Waals surface area (Å²) in [7, 11) is 1.82. The molecule has 1 atom stereocenters. The van der Waals surface area contributed by atoms with Crippen molar-refractivity contribution in [3.05, 3.63) is 24.3 Å². The van der Waals surface area contributed by atoms with Crippen LogP contribution >= 0.6 is 0 Å². The molecule has 2 N–H and O–H groups in total. The van der Waals surface area contributed by atoms with E-state index in [9.17, 15) is 4.79 Å². The van der Waals surface area contributed by atoms with Gasteiger partial charge < -0.3 is 15.5 Å². The predicted molar refractivity (Wildman–Crippen MR) is 83.5 cm³/mol. The van der Waals surface area contributed by atoms with E-state index in [1.165, 1.54) is 0 Å². The van der Waals surface area contributed by atoms with Crippen molar-refractivity contribution in [3.63, 3.8) is 0 Å². The fourth-order valence-electron chi connectivity index (χ4n) is 2.77. The van der Waals surface area contributed by atoms with Crippen molar-refractivity contribution >= 4 is 28.6 Å². The maximum atomic E-state index is 11.2. The van der Waals surface area contributed by atoms with E-state index < -0.39 is 0 Å². The Balaban J connectivity index is 1.94. The summed E-state index contributed by atoms with van der Waals surface area (Å²) < 4.78 is 0. The Bertz CT molecular complexity index is 672. The third-order valence-corrected chi connectivity index (χ3v) is 3.70. The number of nitrogens with one attached hydrogen (secondary N) is 2. The summed E-state index contributed by atoms with van der Waals surface area (Å²) in [5.74, 6) is 1.56. The van der Waals surface area contributed by atoms with Gasteiger partial charge in [0.1, 0.15) is 5.82 Å². The van der Waals surface area contributed by atoms with Gasteiger partial charge in [0.05, 0.1) is 5.52 Å². The van der Waals surface area contributed by atoms with Crippen molar-refractivity contribution in [2.75, 3.05) is 30.4 Å². The quantitative estimate of drug-likeness (QED) is 0.891. The highest BCUT2D eigenvalue weighted by atomic mass is 16.1. The Morgan fingerprint density at radius 3 is 2.90 bits per heavy atom. The van der Waals surface area contributed by atoms with Gasteiger partial charge >= 0.3 is 0 Å². The lowest BCUT2D eigenvalue weighted by atomic mass is 10.2. The number of benzene rings is 1. The lowest BCUT2D eigenvalue weighted by molar-refractivity contribution is -0.119. The number of anilines is 2. The number of amides is 1. The zero-order valence-electron chi connectivity index (χ0n) is 12.3. The lowest BCUT2D eigenvalue weighted by Gasteiger charge is -2.20. The van der Waals surface area contributed by atoms with Crippen molar-refractivity contribution in [2.24, 2.45) is 0 Å². The normalized spacial score (nSPS) is 18.0. The maximum Gasteiger partial charge on any atom is 0.224 e. The predicted octanol–water partition coefficient (Wildman–Crippen LogP) is 1.39. The summed E-state index contributed by atoms with van der Waals surface area (Å²) in [5.41, 5.74) is 0.926. The molecule has 1 aliphatic heterocycles. The van der Waals surface area contributed by atoms with Crippen LogP contribution in [0.2, 0.25) is 0 Å². The van der Waals surface area contributed by atoms with Gasteiger partial charge in [0.15, 0.2) is 0 Å². The van der Waals surface area contributed by atoms with Gasteiger partial charge in [-0.25, -0.2) is 4.98 Å². The van der Waals surface area contributed by atoms with E-state index in [0.29, 0.717) is 5.95 Å². The molecule has 0 bridgehead atoms. The standard InChI is InChI=1S/C15H19N5O/c1-10(21)17-11-7-8-20(9-11)14-12-5-3-4-6-13(12)18-15(16-2)19-14/h3-6,11H,7-9H2,1-2H3,(H,17,21)(H,16,18,19). The zero-order chi connectivity index (χ0) is 14.8. The molecule has 6 heteroatoms. The van der Waals surface area contributed by atoms with Crippen LogP contribution in [0.4, 0.5) is 11.8 Å². The fourth-order valence-corrected chi connectivity index (χ4v) is 2.77. The molecule has 3 rings (SSSR count). The number of hydrogen-bond acceptors (Lipinski definition) is 5. The van der Waals surface area contributed by atoms with Gasteiger partial charge in [0.2, 0.25) is 11.9 Å². The number of carbonyl (C=O) groups excluding carboxylic acids is 1. The molecular formula is C15H19N5O. The van der Waals surface area contributed by atoms with Crippen molar-refractivity contribution in [3.8, 4) is 0 Å². The molecule has 1 unspecified atom stereocenters. The molecule has 0 radical (unpaired) electrons. The van der Waals surface area contributed by atoms with Gasteiger partial charge in [-0.1, -0.05) is 12.1 Å². The highest BCUT2D eigenvalue weighted by molar-refractivity contribution is 5.90. The molecule has 21 heavy (non-hydrogen) atoms. The van der Waals surface area contributed by atoms with Crippen LogP contribution in [0.5, 0.6) is 0 Å². The molecule has 0 saturated carbocycles. The molecular weight excluding hydrogens is 266 g/mol. The van der Waals surface area contributed by atoms with Crippen LogP contribution in [0.1, 0.15) is 13.3 Å². The van der Waals surface area contributed by atoms with E-state index >= 15 is 0 Å². The van der Waals surface area contributed by atoms with Crippen LogP contribution < -0.4 is 15.5 Å². The van der Waals surface area contributed by atoms with Gasteiger partial charge in [-0.15, -0.1) is 0 Å². The number of hydrogen-bond donors (Lipinski definition) is 2. The second-order valence-corrected chi connectivity index (χ2v) is 5.27. The summed E-state index contributed by atoms with van der Waals surface area (Å²) in [6.45, 7) is 3.22. The zero-order valence-corrected chi connectivity index (χ0v) is 12.3. The van der Waals surface area contributed by atoms with Gasteiger partial charge in [0, 0.05) is 38.5 Å². The Labute approximate surface area is 123 Å². The van der Waals surface area contributed by atoms with E-state index in [1.54, 1.807) is 6.92 Å². The van der Waals surface area contributed by atoms with E-state index in [0.717, 1.165) is 36.2 Å². The van der Waals surface area contributed by atoms with Crippen molar-refractivity contribution in [2.45, 2.75) is 19.4 Å².